The molecule has 29 heavy (non-hydrogen) atoms. The number of aliphatic hydroxyl groups is 1. The van der Waals surface area contributed by atoms with Gasteiger partial charge in [-0.2, -0.15) is 0 Å². The minimum Gasteiger partial charge on any atom is -0.507 e. The second-order valence-corrected chi connectivity index (χ2v) is 6.74. The molecular formula is C23H23NO5. The van der Waals surface area contributed by atoms with Gasteiger partial charge in [0.25, 0.3) is 0 Å². The summed E-state index contributed by atoms with van der Waals surface area (Å²) in [5.74, 6) is 0.0997. The zero-order valence-electron chi connectivity index (χ0n) is 16.1. The van der Waals surface area contributed by atoms with E-state index < -0.39 is 12.2 Å². The third-order valence-corrected chi connectivity index (χ3v) is 4.69. The molecule has 0 aromatic heterocycles. The highest BCUT2D eigenvalue weighted by Crippen LogP contribution is 2.34. The van der Waals surface area contributed by atoms with Crippen LogP contribution in [-0.4, -0.2) is 28.7 Å². The Morgan fingerprint density at radius 2 is 1.69 bits per heavy atom. The molecule has 0 spiro atoms. The van der Waals surface area contributed by atoms with Crippen LogP contribution in [0, 0.1) is 0 Å². The van der Waals surface area contributed by atoms with E-state index in [-0.39, 0.29) is 18.1 Å². The predicted molar refractivity (Wildman–Crippen MR) is 111 cm³/mol. The van der Waals surface area contributed by atoms with Crippen LogP contribution in [0.4, 0.5) is 10.5 Å². The van der Waals surface area contributed by atoms with E-state index in [1.807, 2.05) is 18.2 Å². The third-order valence-electron chi connectivity index (χ3n) is 4.69. The van der Waals surface area contributed by atoms with E-state index in [9.17, 15) is 19.8 Å². The standard InChI is InChI=1S/C23H23NO5/c1-15(26)16-8-10-17(11-9-16)24-23(28)29-22(7-4-14-25)20-12-13-21(27)19-6-3-2-5-18(19)20/h2-3,5-6,8-13,22,25,27H,4,7,14H2,1H3,(H,24,28)/t22-/m1/s1. The van der Waals surface area contributed by atoms with E-state index in [1.165, 1.54) is 6.92 Å². The number of carbonyl (C=O) groups is 2. The molecule has 1 amide bonds. The number of fused-ring (bicyclic) bond motifs is 1. The molecule has 6 heteroatoms. The summed E-state index contributed by atoms with van der Waals surface area (Å²) in [6.07, 6.45) is -0.340. The number of amides is 1. The zero-order chi connectivity index (χ0) is 20.8. The van der Waals surface area contributed by atoms with Crippen LogP contribution in [0.3, 0.4) is 0 Å². The highest BCUT2D eigenvalue weighted by Gasteiger charge is 2.20. The molecule has 3 aromatic carbocycles. The van der Waals surface area contributed by atoms with E-state index in [2.05, 4.69) is 5.32 Å². The van der Waals surface area contributed by atoms with Crippen LogP contribution in [0.15, 0.2) is 60.7 Å². The van der Waals surface area contributed by atoms with Crippen LogP contribution < -0.4 is 5.32 Å². The Morgan fingerprint density at radius 3 is 2.34 bits per heavy atom. The number of hydrogen-bond acceptors (Lipinski definition) is 5. The molecule has 0 bridgehead atoms. The highest BCUT2D eigenvalue weighted by atomic mass is 16.6. The molecule has 1 atom stereocenters. The monoisotopic (exact) mass is 393 g/mol. The molecule has 0 aliphatic carbocycles. The van der Waals surface area contributed by atoms with Crippen LogP contribution in [0.25, 0.3) is 10.8 Å². The van der Waals surface area contributed by atoms with Crippen molar-refractivity contribution in [1.82, 2.24) is 0 Å². The van der Waals surface area contributed by atoms with Crippen molar-refractivity contribution >= 4 is 28.3 Å². The lowest BCUT2D eigenvalue weighted by Crippen LogP contribution is -2.18. The molecule has 6 nitrogen and oxygen atoms in total. The minimum absolute atomic E-state index is 0.0238. The van der Waals surface area contributed by atoms with Crippen LogP contribution in [0.1, 0.15) is 41.8 Å². The molecule has 0 fully saturated rings. The average molecular weight is 393 g/mol. The Bertz CT molecular complexity index is 1010. The van der Waals surface area contributed by atoms with Gasteiger partial charge >= 0.3 is 6.09 Å². The number of ether oxygens (including phenoxy) is 1. The number of rotatable bonds is 7. The van der Waals surface area contributed by atoms with E-state index in [4.69, 9.17) is 4.74 Å². The number of anilines is 1. The Hall–Kier alpha value is -3.38. The van der Waals surface area contributed by atoms with Gasteiger partial charge in [0, 0.05) is 28.8 Å². The maximum atomic E-state index is 12.5. The summed E-state index contributed by atoms with van der Waals surface area (Å²) in [5, 5.41) is 23.5. The lowest BCUT2D eigenvalue weighted by molar-refractivity contribution is 0.100. The highest BCUT2D eigenvalue weighted by molar-refractivity contribution is 5.95. The van der Waals surface area contributed by atoms with Crippen molar-refractivity contribution in [3.05, 3.63) is 71.8 Å². The van der Waals surface area contributed by atoms with Crippen molar-refractivity contribution in [2.75, 3.05) is 11.9 Å². The van der Waals surface area contributed by atoms with E-state index in [0.29, 0.717) is 29.5 Å². The Kier molecular flexibility index (Phi) is 6.46. The smallest absolute Gasteiger partial charge is 0.412 e. The molecular weight excluding hydrogens is 370 g/mol. The van der Waals surface area contributed by atoms with Gasteiger partial charge in [-0.25, -0.2) is 4.79 Å². The first kappa shape index (κ1) is 20.4. The minimum atomic E-state index is -0.638. The van der Waals surface area contributed by atoms with E-state index >= 15 is 0 Å². The fourth-order valence-electron chi connectivity index (χ4n) is 3.21. The lowest BCUT2D eigenvalue weighted by Gasteiger charge is -2.20. The van der Waals surface area contributed by atoms with Gasteiger partial charge in [-0.05, 0) is 55.5 Å². The van der Waals surface area contributed by atoms with Gasteiger partial charge in [0.15, 0.2) is 5.78 Å². The summed E-state index contributed by atoms with van der Waals surface area (Å²) in [6, 6.07) is 17.2. The van der Waals surface area contributed by atoms with Gasteiger partial charge in [-0.1, -0.05) is 30.3 Å². The number of hydrogen-bond donors (Lipinski definition) is 3. The summed E-state index contributed by atoms with van der Waals surface area (Å²) < 4.78 is 5.66. The summed E-state index contributed by atoms with van der Waals surface area (Å²) in [4.78, 5) is 23.8. The molecule has 3 rings (SSSR count). The molecule has 0 radical (unpaired) electrons. The van der Waals surface area contributed by atoms with Gasteiger partial charge in [0.05, 0.1) is 0 Å². The summed E-state index contributed by atoms with van der Waals surface area (Å²) in [7, 11) is 0. The van der Waals surface area contributed by atoms with Gasteiger partial charge in [-0.15, -0.1) is 0 Å². The van der Waals surface area contributed by atoms with Gasteiger partial charge < -0.3 is 14.9 Å². The van der Waals surface area contributed by atoms with Crippen molar-refractivity contribution in [1.29, 1.82) is 0 Å². The van der Waals surface area contributed by atoms with Crippen molar-refractivity contribution in [3.63, 3.8) is 0 Å². The second-order valence-electron chi connectivity index (χ2n) is 6.74. The molecule has 0 aliphatic heterocycles. The van der Waals surface area contributed by atoms with Crippen LogP contribution >= 0.6 is 0 Å². The normalized spacial score (nSPS) is 11.8. The molecule has 0 unspecified atom stereocenters. The van der Waals surface area contributed by atoms with Crippen molar-refractivity contribution in [2.45, 2.75) is 25.9 Å². The molecule has 150 valence electrons. The number of nitrogens with one attached hydrogen (secondary N) is 1. The second kappa shape index (κ2) is 9.21. The van der Waals surface area contributed by atoms with Crippen LogP contribution in [0.2, 0.25) is 0 Å². The number of aromatic hydroxyl groups is 1. The SMILES string of the molecule is CC(=O)c1ccc(NC(=O)O[C@H](CCCO)c2ccc(O)c3ccccc23)cc1. The molecule has 3 aromatic rings. The molecule has 3 N–H and O–H groups in total. The predicted octanol–water partition coefficient (Wildman–Crippen LogP) is 4.81. The van der Waals surface area contributed by atoms with E-state index in [1.54, 1.807) is 42.5 Å². The fourth-order valence-corrected chi connectivity index (χ4v) is 3.21. The largest absolute Gasteiger partial charge is 0.507 e. The van der Waals surface area contributed by atoms with Crippen molar-refractivity contribution < 1.29 is 24.5 Å². The number of aliphatic hydroxyl groups excluding tert-OH is 1. The quantitative estimate of drug-likeness (QED) is 0.501. The number of Topliss-reactive ketones (excluding diaryl/α,β-unsaturated/α-hetero) is 1. The molecule has 0 saturated heterocycles. The number of phenolic OH excluding ortho intramolecular Hbond substituents is 1. The summed E-state index contributed by atoms with van der Waals surface area (Å²) in [6.45, 7) is 1.45. The summed E-state index contributed by atoms with van der Waals surface area (Å²) in [5.41, 5.74) is 1.82. The lowest BCUT2D eigenvalue weighted by atomic mass is 9.97. The van der Waals surface area contributed by atoms with E-state index in [0.717, 1.165) is 10.9 Å². The van der Waals surface area contributed by atoms with Gasteiger partial charge in [-0.3, -0.25) is 10.1 Å². The number of phenols is 1. The maximum absolute atomic E-state index is 12.5. The van der Waals surface area contributed by atoms with Gasteiger partial charge in [0.2, 0.25) is 0 Å². The Morgan fingerprint density at radius 1 is 1.00 bits per heavy atom. The molecule has 0 saturated carbocycles. The first-order valence-corrected chi connectivity index (χ1v) is 9.39. The average Bonchev–Trinajstić information content (AvgIpc) is 2.72. The topological polar surface area (TPSA) is 95.9 Å². The Labute approximate surface area is 168 Å². The van der Waals surface area contributed by atoms with Crippen molar-refractivity contribution in [3.8, 4) is 5.75 Å². The first-order chi connectivity index (χ1) is 14.0. The maximum Gasteiger partial charge on any atom is 0.412 e. The molecule has 0 aliphatic rings. The molecule has 0 heterocycles. The van der Waals surface area contributed by atoms with Crippen LogP contribution in [-0.2, 0) is 4.74 Å². The Balaban J connectivity index is 1.81. The number of ketones is 1. The number of benzene rings is 3. The summed E-state index contributed by atoms with van der Waals surface area (Å²) >= 11 is 0. The third kappa shape index (κ3) is 4.92. The van der Waals surface area contributed by atoms with Crippen LogP contribution in [0.5, 0.6) is 5.75 Å². The first-order valence-electron chi connectivity index (χ1n) is 9.39. The van der Waals surface area contributed by atoms with Gasteiger partial charge in [0.1, 0.15) is 11.9 Å². The fraction of sp³-hybridized carbons (Fsp3) is 0.217. The zero-order valence-corrected chi connectivity index (χ0v) is 16.1. The number of carbonyl (C=O) groups excluding carboxylic acids is 2. The van der Waals surface area contributed by atoms with Crippen molar-refractivity contribution in [2.24, 2.45) is 0 Å².